The summed E-state index contributed by atoms with van der Waals surface area (Å²) in [6.45, 7) is 2.15. The number of nitriles is 1. The fourth-order valence-corrected chi connectivity index (χ4v) is 2.79. The second-order valence-electron chi connectivity index (χ2n) is 3.54. The molecule has 1 aliphatic rings. The van der Waals surface area contributed by atoms with Crippen LogP contribution in [0.15, 0.2) is 23.4 Å². The zero-order valence-electron chi connectivity index (χ0n) is 8.85. The Kier molecular flexibility index (Phi) is 5.61. The minimum atomic E-state index is 0. The summed E-state index contributed by atoms with van der Waals surface area (Å²) in [4.78, 5) is 4.26. The zero-order chi connectivity index (χ0) is 10.5. The molecule has 1 aromatic rings. The quantitative estimate of drug-likeness (QED) is 0.880. The van der Waals surface area contributed by atoms with E-state index in [0.717, 1.165) is 31.0 Å². The maximum atomic E-state index is 8.93. The van der Waals surface area contributed by atoms with Crippen molar-refractivity contribution >= 4 is 24.2 Å². The SMILES string of the molecule is Cl.N#Cc1cccnc1SC1CCNCC1. The normalized spacial score (nSPS) is 16.2. The first kappa shape index (κ1) is 13.3. The monoisotopic (exact) mass is 255 g/mol. The Bertz CT molecular complexity index is 372. The molecule has 0 amide bonds. The van der Waals surface area contributed by atoms with E-state index in [1.165, 1.54) is 0 Å². The molecule has 0 bridgehead atoms. The lowest BCUT2D eigenvalue weighted by Crippen LogP contribution is -2.29. The number of halogens is 1. The van der Waals surface area contributed by atoms with Crippen LogP contribution in [0.25, 0.3) is 0 Å². The molecule has 1 N–H and O–H groups in total. The van der Waals surface area contributed by atoms with Gasteiger partial charge in [0.05, 0.1) is 5.56 Å². The van der Waals surface area contributed by atoms with Crippen molar-refractivity contribution in [2.75, 3.05) is 13.1 Å². The molecule has 2 heterocycles. The van der Waals surface area contributed by atoms with Crippen LogP contribution >= 0.6 is 24.2 Å². The molecule has 0 atom stereocenters. The molecule has 5 heteroatoms. The van der Waals surface area contributed by atoms with Gasteiger partial charge < -0.3 is 5.32 Å². The van der Waals surface area contributed by atoms with Crippen LogP contribution < -0.4 is 5.32 Å². The fraction of sp³-hybridized carbons (Fsp3) is 0.455. The lowest BCUT2D eigenvalue weighted by atomic mass is 10.2. The number of nitrogens with one attached hydrogen (secondary N) is 1. The average molecular weight is 256 g/mol. The molecule has 1 saturated heterocycles. The molecule has 0 aromatic carbocycles. The minimum Gasteiger partial charge on any atom is -0.317 e. The van der Waals surface area contributed by atoms with E-state index in [4.69, 9.17) is 5.26 Å². The number of aromatic nitrogens is 1. The van der Waals surface area contributed by atoms with Gasteiger partial charge in [-0.3, -0.25) is 0 Å². The fourth-order valence-electron chi connectivity index (χ4n) is 1.64. The van der Waals surface area contributed by atoms with E-state index in [1.807, 2.05) is 12.1 Å². The zero-order valence-corrected chi connectivity index (χ0v) is 10.5. The second kappa shape index (κ2) is 6.74. The molecule has 0 aliphatic carbocycles. The van der Waals surface area contributed by atoms with Crippen molar-refractivity contribution in [3.63, 3.8) is 0 Å². The van der Waals surface area contributed by atoms with Crippen LogP contribution in [0.2, 0.25) is 0 Å². The summed E-state index contributed by atoms with van der Waals surface area (Å²) in [5.41, 5.74) is 0.695. The maximum Gasteiger partial charge on any atom is 0.114 e. The number of nitrogens with zero attached hydrogens (tertiary/aromatic N) is 2. The largest absolute Gasteiger partial charge is 0.317 e. The molecular formula is C11H14ClN3S. The first-order valence-electron chi connectivity index (χ1n) is 5.12. The summed E-state index contributed by atoms with van der Waals surface area (Å²) in [6, 6.07) is 5.83. The highest BCUT2D eigenvalue weighted by Crippen LogP contribution is 2.28. The molecule has 1 fully saturated rings. The second-order valence-corrected chi connectivity index (χ2v) is 4.82. The Balaban J connectivity index is 0.00000128. The number of pyridine rings is 1. The van der Waals surface area contributed by atoms with Gasteiger partial charge >= 0.3 is 0 Å². The highest BCUT2D eigenvalue weighted by molar-refractivity contribution is 7.99. The number of hydrogen-bond donors (Lipinski definition) is 1. The van der Waals surface area contributed by atoms with Gasteiger partial charge in [-0.1, -0.05) is 0 Å². The van der Waals surface area contributed by atoms with E-state index < -0.39 is 0 Å². The smallest absolute Gasteiger partial charge is 0.114 e. The molecule has 0 spiro atoms. The van der Waals surface area contributed by atoms with Gasteiger partial charge in [0.1, 0.15) is 11.1 Å². The first-order chi connectivity index (χ1) is 7.40. The van der Waals surface area contributed by atoms with Crippen LogP contribution in [-0.2, 0) is 0 Å². The molecule has 3 nitrogen and oxygen atoms in total. The highest BCUT2D eigenvalue weighted by Gasteiger charge is 2.16. The van der Waals surface area contributed by atoms with Gasteiger partial charge in [0.2, 0.25) is 0 Å². The van der Waals surface area contributed by atoms with Gasteiger partial charge in [-0.25, -0.2) is 4.98 Å². The standard InChI is InChI=1S/C11H13N3S.ClH/c12-8-9-2-1-5-14-11(9)15-10-3-6-13-7-4-10;/h1-2,5,10,13H,3-4,6-7H2;1H. The summed E-state index contributed by atoms with van der Waals surface area (Å²) >= 11 is 1.74. The van der Waals surface area contributed by atoms with Crippen LogP contribution in [0.5, 0.6) is 0 Å². The van der Waals surface area contributed by atoms with Crippen molar-refractivity contribution in [3.8, 4) is 6.07 Å². The third-order valence-corrected chi connectivity index (χ3v) is 3.81. The number of rotatable bonds is 2. The van der Waals surface area contributed by atoms with Crippen LogP contribution in [0, 0.1) is 11.3 Å². The Morgan fingerprint density at radius 2 is 2.19 bits per heavy atom. The van der Waals surface area contributed by atoms with Crippen LogP contribution in [0.4, 0.5) is 0 Å². The van der Waals surface area contributed by atoms with Crippen molar-refractivity contribution in [1.29, 1.82) is 5.26 Å². The molecule has 2 rings (SSSR count). The van der Waals surface area contributed by atoms with Crippen molar-refractivity contribution in [2.45, 2.75) is 23.1 Å². The van der Waals surface area contributed by atoms with Gasteiger partial charge in [-0.15, -0.1) is 24.2 Å². The molecule has 1 aliphatic heterocycles. The Morgan fingerprint density at radius 3 is 2.88 bits per heavy atom. The minimum absolute atomic E-state index is 0. The topological polar surface area (TPSA) is 48.7 Å². The van der Waals surface area contributed by atoms with E-state index in [0.29, 0.717) is 10.8 Å². The van der Waals surface area contributed by atoms with Crippen LogP contribution in [0.1, 0.15) is 18.4 Å². The van der Waals surface area contributed by atoms with E-state index in [1.54, 1.807) is 18.0 Å². The average Bonchev–Trinajstić information content (AvgIpc) is 2.31. The van der Waals surface area contributed by atoms with E-state index in [-0.39, 0.29) is 12.4 Å². The van der Waals surface area contributed by atoms with E-state index in [2.05, 4.69) is 16.4 Å². The van der Waals surface area contributed by atoms with E-state index >= 15 is 0 Å². The lowest BCUT2D eigenvalue weighted by Gasteiger charge is -2.21. The molecule has 0 radical (unpaired) electrons. The van der Waals surface area contributed by atoms with Crippen molar-refractivity contribution in [2.24, 2.45) is 0 Å². The number of thioether (sulfide) groups is 1. The van der Waals surface area contributed by atoms with Gasteiger partial charge in [-0.05, 0) is 38.1 Å². The number of hydrogen-bond acceptors (Lipinski definition) is 4. The highest BCUT2D eigenvalue weighted by atomic mass is 35.5. The first-order valence-corrected chi connectivity index (χ1v) is 6.00. The Morgan fingerprint density at radius 1 is 1.44 bits per heavy atom. The maximum absolute atomic E-state index is 8.93. The molecular weight excluding hydrogens is 242 g/mol. The Labute approximate surface area is 106 Å². The predicted molar refractivity (Wildman–Crippen MR) is 67.9 cm³/mol. The van der Waals surface area contributed by atoms with Gasteiger partial charge in [0.15, 0.2) is 0 Å². The summed E-state index contributed by atoms with van der Waals surface area (Å²) in [7, 11) is 0. The third kappa shape index (κ3) is 3.38. The lowest BCUT2D eigenvalue weighted by molar-refractivity contribution is 0.531. The summed E-state index contributed by atoms with van der Waals surface area (Å²) < 4.78 is 0. The summed E-state index contributed by atoms with van der Waals surface area (Å²) in [6.07, 6.45) is 4.07. The molecule has 1 aromatic heterocycles. The van der Waals surface area contributed by atoms with Crippen molar-refractivity contribution in [1.82, 2.24) is 10.3 Å². The van der Waals surface area contributed by atoms with Crippen LogP contribution in [0.3, 0.4) is 0 Å². The predicted octanol–water partition coefficient (Wildman–Crippen LogP) is 2.22. The molecule has 86 valence electrons. The summed E-state index contributed by atoms with van der Waals surface area (Å²) in [5, 5.41) is 13.7. The summed E-state index contributed by atoms with van der Waals surface area (Å²) in [5.74, 6) is 0. The van der Waals surface area contributed by atoms with Crippen LogP contribution in [-0.4, -0.2) is 23.3 Å². The Hall–Kier alpha value is -0.760. The van der Waals surface area contributed by atoms with Crippen molar-refractivity contribution in [3.05, 3.63) is 23.9 Å². The van der Waals surface area contributed by atoms with Gasteiger partial charge in [0, 0.05) is 11.4 Å². The molecule has 0 saturated carbocycles. The molecule has 16 heavy (non-hydrogen) atoms. The van der Waals surface area contributed by atoms with Crippen molar-refractivity contribution < 1.29 is 0 Å². The van der Waals surface area contributed by atoms with E-state index in [9.17, 15) is 0 Å². The molecule has 0 unspecified atom stereocenters. The third-order valence-electron chi connectivity index (χ3n) is 2.46. The van der Waals surface area contributed by atoms with Gasteiger partial charge in [0.25, 0.3) is 0 Å². The van der Waals surface area contributed by atoms with Gasteiger partial charge in [-0.2, -0.15) is 5.26 Å². The number of piperidine rings is 1.